The maximum atomic E-state index is 12.7. The number of carbonyl (C=O) groups excluding carboxylic acids is 2. The number of primary amides is 1. The van der Waals surface area contributed by atoms with Gasteiger partial charge in [-0.05, 0) is 37.4 Å². The minimum absolute atomic E-state index is 0.0112. The van der Waals surface area contributed by atoms with Crippen LogP contribution in [0.4, 0.5) is 5.69 Å². The summed E-state index contributed by atoms with van der Waals surface area (Å²) in [6, 6.07) is 9.88. The van der Waals surface area contributed by atoms with Crippen LogP contribution in [0.25, 0.3) is 0 Å². The number of carbonyl (C=O) groups is 2. The van der Waals surface area contributed by atoms with Crippen LogP contribution >= 0.6 is 0 Å². The molecule has 0 saturated carbocycles. The smallest absolute Gasteiger partial charge is 0.270 e. The van der Waals surface area contributed by atoms with Gasteiger partial charge in [0, 0.05) is 18.3 Å². The molecule has 4 heterocycles. The zero-order valence-corrected chi connectivity index (χ0v) is 14.4. The molecule has 1 aromatic carbocycles. The number of para-hydroxylation sites is 1. The molecule has 3 fully saturated rings. The number of benzene rings is 1. The van der Waals surface area contributed by atoms with Gasteiger partial charge in [0.15, 0.2) is 5.69 Å². The number of hydrogen-bond acceptors (Lipinski definition) is 5. The summed E-state index contributed by atoms with van der Waals surface area (Å²) in [5, 5.41) is 10.8. The zero-order valence-electron chi connectivity index (χ0n) is 14.4. The number of aromatic nitrogens is 3. The van der Waals surface area contributed by atoms with Gasteiger partial charge in [0.05, 0.1) is 18.7 Å². The Bertz CT molecular complexity index is 805. The van der Waals surface area contributed by atoms with E-state index in [2.05, 4.69) is 20.5 Å². The molecule has 2 aromatic rings. The van der Waals surface area contributed by atoms with Crippen molar-refractivity contribution in [3.05, 3.63) is 42.2 Å². The van der Waals surface area contributed by atoms with Crippen LogP contribution in [-0.4, -0.2) is 50.8 Å². The van der Waals surface area contributed by atoms with Crippen LogP contribution in [0.2, 0.25) is 0 Å². The van der Waals surface area contributed by atoms with E-state index in [-0.39, 0.29) is 17.5 Å². The summed E-state index contributed by atoms with van der Waals surface area (Å²) in [6.45, 7) is 2.40. The Labute approximate surface area is 151 Å². The van der Waals surface area contributed by atoms with E-state index in [4.69, 9.17) is 5.73 Å². The first kappa shape index (κ1) is 16.7. The Morgan fingerprint density at radius 1 is 1.27 bits per heavy atom. The summed E-state index contributed by atoms with van der Waals surface area (Å²) < 4.78 is 1.67. The predicted octanol–water partition coefficient (Wildman–Crippen LogP) is 0.726. The van der Waals surface area contributed by atoms with E-state index in [1.165, 1.54) is 0 Å². The largest absolute Gasteiger partial charge is 0.364 e. The van der Waals surface area contributed by atoms with Crippen molar-refractivity contribution in [3.63, 3.8) is 0 Å². The van der Waals surface area contributed by atoms with E-state index in [0.717, 1.165) is 31.6 Å². The Morgan fingerprint density at radius 3 is 2.73 bits per heavy atom. The highest BCUT2D eigenvalue weighted by Gasteiger charge is 2.43. The molecule has 3 aliphatic heterocycles. The Hall–Kier alpha value is -2.74. The summed E-state index contributed by atoms with van der Waals surface area (Å²) >= 11 is 0. The van der Waals surface area contributed by atoms with E-state index in [9.17, 15) is 9.59 Å². The number of nitrogens with two attached hydrogens (primary N) is 1. The number of amides is 2. The van der Waals surface area contributed by atoms with Crippen LogP contribution in [0.1, 0.15) is 23.3 Å². The van der Waals surface area contributed by atoms with Crippen molar-refractivity contribution < 1.29 is 9.59 Å². The fourth-order valence-corrected chi connectivity index (χ4v) is 4.10. The molecule has 3 aliphatic rings. The van der Waals surface area contributed by atoms with Crippen molar-refractivity contribution >= 4 is 17.5 Å². The zero-order chi connectivity index (χ0) is 18.1. The lowest BCUT2D eigenvalue weighted by atomic mass is 9.75. The molecule has 5 rings (SSSR count). The fraction of sp³-hybridized carbons (Fsp3) is 0.444. The lowest BCUT2D eigenvalue weighted by Crippen LogP contribution is -2.57. The highest BCUT2D eigenvalue weighted by Crippen LogP contribution is 2.37. The van der Waals surface area contributed by atoms with Crippen LogP contribution in [0.5, 0.6) is 0 Å². The van der Waals surface area contributed by atoms with Crippen molar-refractivity contribution in [1.82, 2.24) is 19.9 Å². The quantitative estimate of drug-likeness (QED) is 0.823. The van der Waals surface area contributed by atoms with Crippen LogP contribution in [0.3, 0.4) is 0 Å². The summed E-state index contributed by atoms with van der Waals surface area (Å²) in [5.41, 5.74) is 6.25. The first-order chi connectivity index (χ1) is 12.6. The molecular weight excluding hydrogens is 332 g/mol. The molecule has 2 amide bonds. The number of nitrogens with one attached hydrogen (secondary N) is 1. The Balaban J connectivity index is 1.39. The lowest BCUT2D eigenvalue weighted by molar-refractivity contribution is -0.127. The molecule has 8 nitrogen and oxygen atoms in total. The van der Waals surface area contributed by atoms with Crippen molar-refractivity contribution in [2.75, 3.05) is 18.4 Å². The molecule has 1 aromatic heterocycles. The molecule has 136 valence electrons. The average molecular weight is 354 g/mol. The molecule has 3 saturated heterocycles. The van der Waals surface area contributed by atoms with Crippen LogP contribution in [-0.2, 0) is 11.3 Å². The molecule has 26 heavy (non-hydrogen) atoms. The Kier molecular flexibility index (Phi) is 4.42. The highest BCUT2D eigenvalue weighted by molar-refractivity contribution is 5.93. The number of fused-ring (bicyclic) bond motifs is 3. The van der Waals surface area contributed by atoms with E-state index >= 15 is 0 Å². The third-order valence-electron chi connectivity index (χ3n) is 5.45. The number of nitrogens with zero attached hydrogens (tertiary/aromatic N) is 4. The third-order valence-corrected chi connectivity index (χ3v) is 5.45. The first-order valence-electron chi connectivity index (χ1n) is 8.90. The van der Waals surface area contributed by atoms with Gasteiger partial charge in [-0.3, -0.25) is 19.2 Å². The van der Waals surface area contributed by atoms with Gasteiger partial charge in [0.1, 0.15) is 0 Å². The predicted molar refractivity (Wildman–Crippen MR) is 95.2 cm³/mol. The van der Waals surface area contributed by atoms with Gasteiger partial charge < -0.3 is 11.1 Å². The molecule has 0 radical (unpaired) electrons. The van der Waals surface area contributed by atoms with Gasteiger partial charge in [0.25, 0.3) is 5.91 Å². The molecule has 8 heteroatoms. The molecular formula is C18H22N6O2. The van der Waals surface area contributed by atoms with Crippen molar-refractivity contribution in [2.45, 2.75) is 25.4 Å². The standard InChI is InChI=1S/C18H22N6O2/c19-17(25)16-11-24(22-21-16)9-14-8-12-6-7-23(14)10-15(12)18(26)20-13-4-2-1-3-5-13/h1-5,11-12,14-15H,6-10H2,(H2,19,25)(H,20,26)/t12-,14-,15-/m1/s1. The number of piperidine rings is 3. The summed E-state index contributed by atoms with van der Waals surface area (Å²) in [4.78, 5) is 26.2. The van der Waals surface area contributed by atoms with Gasteiger partial charge in [-0.2, -0.15) is 0 Å². The van der Waals surface area contributed by atoms with Gasteiger partial charge in [-0.25, -0.2) is 0 Å². The average Bonchev–Trinajstić information content (AvgIpc) is 3.12. The van der Waals surface area contributed by atoms with Crippen molar-refractivity contribution in [2.24, 2.45) is 17.6 Å². The molecule has 3 N–H and O–H groups in total. The summed E-state index contributed by atoms with van der Waals surface area (Å²) in [6.07, 6.45) is 3.57. The minimum atomic E-state index is -0.570. The van der Waals surface area contributed by atoms with Gasteiger partial charge in [-0.1, -0.05) is 23.4 Å². The monoisotopic (exact) mass is 354 g/mol. The second-order valence-corrected chi connectivity index (χ2v) is 7.09. The van der Waals surface area contributed by atoms with E-state index < -0.39 is 5.91 Å². The molecule has 0 aliphatic carbocycles. The summed E-state index contributed by atoms with van der Waals surface area (Å²) in [5.74, 6) is -0.0922. The van der Waals surface area contributed by atoms with E-state index in [0.29, 0.717) is 18.5 Å². The number of hydrogen-bond donors (Lipinski definition) is 2. The fourth-order valence-electron chi connectivity index (χ4n) is 4.10. The highest BCUT2D eigenvalue weighted by atomic mass is 16.2. The Morgan fingerprint density at radius 2 is 2.08 bits per heavy atom. The van der Waals surface area contributed by atoms with Gasteiger partial charge in [0.2, 0.25) is 5.91 Å². The minimum Gasteiger partial charge on any atom is -0.364 e. The maximum Gasteiger partial charge on any atom is 0.270 e. The van der Waals surface area contributed by atoms with Crippen molar-refractivity contribution in [3.8, 4) is 0 Å². The van der Waals surface area contributed by atoms with Crippen molar-refractivity contribution in [1.29, 1.82) is 0 Å². The molecule has 1 unspecified atom stereocenters. The topological polar surface area (TPSA) is 106 Å². The van der Waals surface area contributed by atoms with Crippen LogP contribution in [0, 0.1) is 11.8 Å². The second-order valence-electron chi connectivity index (χ2n) is 7.09. The first-order valence-corrected chi connectivity index (χ1v) is 8.90. The van der Waals surface area contributed by atoms with E-state index in [1.54, 1.807) is 10.9 Å². The van der Waals surface area contributed by atoms with Crippen LogP contribution < -0.4 is 11.1 Å². The van der Waals surface area contributed by atoms with Gasteiger partial charge in [-0.15, -0.1) is 5.10 Å². The molecule has 4 atom stereocenters. The number of anilines is 1. The third kappa shape index (κ3) is 3.32. The summed E-state index contributed by atoms with van der Waals surface area (Å²) in [7, 11) is 0. The molecule has 2 bridgehead atoms. The maximum absolute atomic E-state index is 12.7. The SMILES string of the molecule is NC(=O)c1cn(C[C@H]2C[C@H]3CCN2C[C@H]3C(=O)Nc2ccccc2)nn1. The van der Waals surface area contributed by atoms with E-state index in [1.807, 2.05) is 30.3 Å². The second kappa shape index (κ2) is 6.87. The van der Waals surface area contributed by atoms with Gasteiger partial charge >= 0.3 is 0 Å². The normalized spacial score (nSPS) is 27.2. The number of rotatable bonds is 5. The van der Waals surface area contributed by atoms with Crippen LogP contribution in [0.15, 0.2) is 36.5 Å². The molecule has 0 spiro atoms. The lowest BCUT2D eigenvalue weighted by Gasteiger charge is -2.49.